The number of hydrogen-bond acceptors (Lipinski definition) is 3. The molecule has 0 radical (unpaired) electrons. The van der Waals surface area contributed by atoms with E-state index in [-0.39, 0.29) is 5.60 Å². The second-order valence-corrected chi connectivity index (χ2v) is 6.36. The Balaban J connectivity index is 1.95. The van der Waals surface area contributed by atoms with Crippen molar-refractivity contribution in [3.8, 4) is 0 Å². The molecular weight excluding hydrogens is 316 g/mol. The van der Waals surface area contributed by atoms with Gasteiger partial charge in [0.25, 0.3) is 0 Å². The molecule has 1 aromatic carbocycles. The molecule has 4 heteroatoms. The van der Waals surface area contributed by atoms with Crippen LogP contribution in [0.5, 0.6) is 0 Å². The topological polar surface area (TPSA) is 34.5 Å². The fraction of sp³-hybridized carbons (Fsp3) is 0.375. The average Bonchev–Trinajstić information content (AvgIpc) is 2.84. The van der Waals surface area contributed by atoms with E-state index in [2.05, 4.69) is 52.0 Å². The first-order valence-corrected chi connectivity index (χ1v) is 7.66. The lowest BCUT2D eigenvalue weighted by atomic mass is 9.91. The minimum atomic E-state index is -0.269. The van der Waals surface area contributed by atoms with Gasteiger partial charge in [-0.1, -0.05) is 36.3 Å². The van der Waals surface area contributed by atoms with Crippen LogP contribution in [-0.4, -0.2) is 16.3 Å². The smallest absolute Gasteiger partial charge is 0.145 e. The molecule has 0 saturated heterocycles. The minimum Gasteiger partial charge on any atom is -0.389 e. The molecule has 0 saturated carbocycles. The Labute approximate surface area is 127 Å². The van der Waals surface area contributed by atoms with Gasteiger partial charge in [-0.25, -0.2) is 0 Å². The van der Waals surface area contributed by atoms with E-state index in [0.717, 1.165) is 35.1 Å². The molecule has 0 N–H and O–H groups in total. The molecule has 0 fully saturated rings. The fourth-order valence-electron chi connectivity index (χ4n) is 2.67. The number of aromatic nitrogens is 1. The van der Waals surface area contributed by atoms with E-state index < -0.39 is 0 Å². The Morgan fingerprint density at radius 3 is 2.75 bits per heavy atom. The molecule has 1 unspecified atom stereocenters. The summed E-state index contributed by atoms with van der Waals surface area (Å²) in [5, 5.41) is 6.55. The number of nitrogens with zero attached hydrogens (tertiary/aromatic N) is 2. The van der Waals surface area contributed by atoms with Gasteiger partial charge in [0.1, 0.15) is 5.60 Å². The van der Waals surface area contributed by atoms with E-state index in [1.807, 2.05) is 18.3 Å². The highest BCUT2D eigenvalue weighted by atomic mass is 79.9. The van der Waals surface area contributed by atoms with Crippen molar-refractivity contribution in [3.63, 3.8) is 0 Å². The minimum absolute atomic E-state index is 0.269. The van der Waals surface area contributed by atoms with Crippen LogP contribution in [0.3, 0.4) is 0 Å². The molecule has 104 valence electrons. The summed E-state index contributed by atoms with van der Waals surface area (Å²) >= 11 is 3.56. The van der Waals surface area contributed by atoms with Gasteiger partial charge >= 0.3 is 0 Å². The molecule has 1 atom stereocenters. The number of fused-ring (bicyclic) bond motifs is 1. The zero-order valence-electron chi connectivity index (χ0n) is 11.7. The van der Waals surface area contributed by atoms with E-state index in [4.69, 9.17) is 4.84 Å². The molecule has 1 aliphatic heterocycles. The number of benzene rings is 1. The van der Waals surface area contributed by atoms with E-state index in [1.54, 1.807) is 0 Å². The molecule has 20 heavy (non-hydrogen) atoms. The summed E-state index contributed by atoms with van der Waals surface area (Å²) in [6.07, 6.45) is 4.48. The van der Waals surface area contributed by atoms with Gasteiger partial charge in [-0.15, -0.1) is 0 Å². The Hall–Kier alpha value is -1.42. The summed E-state index contributed by atoms with van der Waals surface area (Å²) in [5.74, 6) is 0. The van der Waals surface area contributed by atoms with Crippen LogP contribution < -0.4 is 0 Å². The quantitative estimate of drug-likeness (QED) is 0.830. The summed E-state index contributed by atoms with van der Waals surface area (Å²) in [5.41, 5.74) is 1.93. The highest BCUT2D eigenvalue weighted by molar-refractivity contribution is 9.10. The van der Waals surface area contributed by atoms with Crippen LogP contribution in [0.25, 0.3) is 10.8 Å². The molecular formula is C16H17BrN2O. The van der Waals surface area contributed by atoms with Crippen LogP contribution >= 0.6 is 15.9 Å². The van der Waals surface area contributed by atoms with Crippen LogP contribution in [0.15, 0.2) is 40.1 Å². The first kappa shape index (κ1) is 13.6. The lowest BCUT2D eigenvalue weighted by molar-refractivity contribution is -0.00326. The first-order chi connectivity index (χ1) is 9.61. The summed E-state index contributed by atoms with van der Waals surface area (Å²) in [6, 6.07) is 8.31. The van der Waals surface area contributed by atoms with Crippen molar-refractivity contribution in [2.45, 2.75) is 38.7 Å². The summed E-state index contributed by atoms with van der Waals surface area (Å²) in [7, 11) is 0. The Kier molecular flexibility index (Phi) is 3.50. The average molecular weight is 333 g/mol. The van der Waals surface area contributed by atoms with Crippen LogP contribution in [0.4, 0.5) is 0 Å². The maximum absolute atomic E-state index is 5.66. The maximum Gasteiger partial charge on any atom is 0.145 e. The molecule has 3 nitrogen and oxygen atoms in total. The Morgan fingerprint density at radius 2 is 2.05 bits per heavy atom. The number of rotatable bonds is 3. The standard InChI is InChI=1S/C16H17BrN2O/c1-3-11-8-16(2,20-19-11)9-15-13-7-5-4-6-12(13)14(17)10-18-15/h4-7,10H,3,8-9H2,1-2H3. The third-order valence-electron chi connectivity index (χ3n) is 3.75. The molecule has 2 aromatic rings. The van der Waals surface area contributed by atoms with Crippen LogP contribution in [0, 0.1) is 0 Å². The van der Waals surface area contributed by atoms with Gasteiger partial charge in [0, 0.05) is 28.9 Å². The predicted molar refractivity (Wildman–Crippen MR) is 85.0 cm³/mol. The number of halogens is 1. The van der Waals surface area contributed by atoms with Crippen molar-refractivity contribution in [2.75, 3.05) is 0 Å². The van der Waals surface area contributed by atoms with Crippen LogP contribution in [-0.2, 0) is 11.3 Å². The van der Waals surface area contributed by atoms with Gasteiger partial charge in [0.2, 0.25) is 0 Å². The molecule has 2 heterocycles. The maximum atomic E-state index is 5.66. The molecule has 1 aromatic heterocycles. The Morgan fingerprint density at radius 1 is 1.30 bits per heavy atom. The first-order valence-electron chi connectivity index (χ1n) is 6.87. The zero-order chi connectivity index (χ0) is 14.2. The normalized spacial score (nSPS) is 21.9. The molecule has 0 amide bonds. The van der Waals surface area contributed by atoms with Crippen molar-refractivity contribution >= 4 is 32.4 Å². The van der Waals surface area contributed by atoms with Gasteiger partial charge in [-0.3, -0.25) is 4.98 Å². The number of oxime groups is 1. The van der Waals surface area contributed by atoms with Crippen LogP contribution in [0.2, 0.25) is 0 Å². The van der Waals surface area contributed by atoms with E-state index in [0.29, 0.717) is 0 Å². The lowest BCUT2D eigenvalue weighted by Crippen LogP contribution is -2.28. The predicted octanol–water partition coefficient (Wildman–Crippen LogP) is 4.48. The summed E-state index contributed by atoms with van der Waals surface area (Å²) in [6.45, 7) is 4.22. The van der Waals surface area contributed by atoms with E-state index >= 15 is 0 Å². The second-order valence-electron chi connectivity index (χ2n) is 5.50. The van der Waals surface area contributed by atoms with Crippen molar-refractivity contribution in [1.82, 2.24) is 4.98 Å². The molecule has 0 spiro atoms. The van der Waals surface area contributed by atoms with Crippen molar-refractivity contribution in [3.05, 3.63) is 40.6 Å². The van der Waals surface area contributed by atoms with Crippen molar-refractivity contribution in [1.29, 1.82) is 0 Å². The number of pyridine rings is 1. The van der Waals surface area contributed by atoms with Gasteiger partial charge < -0.3 is 4.84 Å². The monoisotopic (exact) mass is 332 g/mol. The highest BCUT2D eigenvalue weighted by Gasteiger charge is 2.34. The van der Waals surface area contributed by atoms with Gasteiger partial charge in [0.05, 0.1) is 11.4 Å². The fourth-order valence-corrected chi connectivity index (χ4v) is 3.12. The largest absolute Gasteiger partial charge is 0.389 e. The highest BCUT2D eigenvalue weighted by Crippen LogP contribution is 2.32. The zero-order valence-corrected chi connectivity index (χ0v) is 13.3. The summed E-state index contributed by atoms with van der Waals surface area (Å²) < 4.78 is 1.03. The molecule has 3 rings (SSSR count). The second kappa shape index (κ2) is 5.17. The van der Waals surface area contributed by atoms with Gasteiger partial charge in [-0.2, -0.15) is 0 Å². The lowest BCUT2D eigenvalue weighted by Gasteiger charge is -2.21. The SMILES string of the molecule is CCC1=NOC(C)(Cc2ncc(Br)c3ccccc23)C1. The Bertz CT molecular complexity index is 683. The van der Waals surface area contributed by atoms with Gasteiger partial charge in [-0.05, 0) is 34.7 Å². The molecule has 1 aliphatic rings. The van der Waals surface area contributed by atoms with Crippen LogP contribution in [0.1, 0.15) is 32.4 Å². The van der Waals surface area contributed by atoms with Gasteiger partial charge in [0.15, 0.2) is 0 Å². The molecule has 0 aliphatic carbocycles. The number of hydrogen-bond donors (Lipinski definition) is 0. The van der Waals surface area contributed by atoms with E-state index in [1.165, 1.54) is 10.8 Å². The molecule has 0 bridgehead atoms. The van der Waals surface area contributed by atoms with E-state index in [9.17, 15) is 0 Å². The third-order valence-corrected chi connectivity index (χ3v) is 4.38. The third kappa shape index (κ3) is 2.44. The van der Waals surface area contributed by atoms with Crippen molar-refractivity contribution in [2.24, 2.45) is 5.16 Å². The van der Waals surface area contributed by atoms with Crippen molar-refractivity contribution < 1.29 is 4.84 Å². The summed E-state index contributed by atoms with van der Waals surface area (Å²) in [4.78, 5) is 10.3.